The molecule has 272 valence electrons. The summed E-state index contributed by atoms with van der Waals surface area (Å²) in [6, 6.07) is 16.9. The van der Waals surface area contributed by atoms with Gasteiger partial charge in [-0.25, -0.2) is 29.9 Å². The third kappa shape index (κ3) is 7.26. The van der Waals surface area contributed by atoms with Gasteiger partial charge in [0.1, 0.15) is 20.9 Å². The SMILES string of the molecule is Brc1cn2c(-c3cccc(-c4cnc(C5CC5)[nH]4)c3)cnc2c(Br)n1.CC(C)CNc1nc(Br)cn2c(-c3cccc(-c4cnc(C5CC5)[nH]4)c3)cnc12. The van der Waals surface area contributed by atoms with E-state index >= 15 is 0 Å². The van der Waals surface area contributed by atoms with Crippen LogP contribution in [0.25, 0.3) is 56.3 Å². The molecule has 3 N–H and O–H groups in total. The van der Waals surface area contributed by atoms with Gasteiger partial charge in [0, 0.05) is 53.0 Å². The van der Waals surface area contributed by atoms with E-state index in [0.29, 0.717) is 22.4 Å². The maximum atomic E-state index is 4.65. The van der Waals surface area contributed by atoms with Gasteiger partial charge in [-0.1, -0.05) is 50.2 Å². The number of fused-ring (bicyclic) bond motifs is 2. The van der Waals surface area contributed by atoms with Crippen LogP contribution < -0.4 is 5.32 Å². The molecule has 0 atom stereocenters. The number of aromatic amines is 2. The quantitative estimate of drug-likeness (QED) is 0.131. The Hall–Kier alpha value is -4.66. The van der Waals surface area contributed by atoms with E-state index < -0.39 is 0 Å². The Morgan fingerprint density at radius 2 is 1.17 bits per heavy atom. The molecule has 10 rings (SSSR count). The fourth-order valence-corrected chi connectivity index (χ4v) is 8.00. The zero-order valence-electron chi connectivity index (χ0n) is 29.6. The summed E-state index contributed by atoms with van der Waals surface area (Å²) < 4.78 is 6.36. The average Bonchev–Trinajstić information content (AvgIpc) is 3.96. The predicted octanol–water partition coefficient (Wildman–Crippen LogP) is 10.7. The monoisotopic (exact) mass is 907 g/mol. The van der Waals surface area contributed by atoms with E-state index in [1.165, 1.54) is 25.7 Å². The van der Waals surface area contributed by atoms with E-state index in [-0.39, 0.29) is 0 Å². The summed E-state index contributed by atoms with van der Waals surface area (Å²) in [6.07, 6.45) is 16.5. The van der Waals surface area contributed by atoms with Gasteiger partial charge in [-0.2, -0.15) is 0 Å². The van der Waals surface area contributed by atoms with Crippen LogP contribution in [0.2, 0.25) is 0 Å². The summed E-state index contributed by atoms with van der Waals surface area (Å²) in [5.41, 5.74) is 10.2. The Labute approximate surface area is 336 Å². The lowest BCUT2D eigenvalue weighted by molar-refractivity contribution is 0.687. The second kappa shape index (κ2) is 14.5. The van der Waals surface area contributed by atoms with Crippen molar-refractivity contribution in [3.8, 4) is 45.0 Å². The smallest absolute Gasteiger partial charge is 0.180 e. The van der Waals surface area contributed by atoms with E-state index in [1.807, 2.05) is 41.6 Å². The van der Waals surface area contributed by atoms with Crippen LogP contribution in [0.4, 0.5) is 5.82 Å². The zero-order chi connectivity index (χ0) is 36.9. The molecule has 0 amide bonds. The molecule has 11 nitrogen and oxygen atoms in total. The van der Waals surface area contributed by atoms with Crippen molar-refractivity contribution in [1.29, 1.82) is 0 Å². The predicted molar refractivity (Wildman–Crippen MR) is 222 cm³/mol. The molecule has 0 radical (unpaired) electrons. The van der Waals surface area contributed by atoms with Crippen LogP contribution in [0.1, 0.15) is 63.0 Å². The van der Waals surface area contributed by atoms with Crippen molar-refractivity contribution in [2.75, 3.05) is 11.9 Å². The van der Waals surface area contributed by atoms with Gasteiger partial charge in [0.15, 0.2) is 21.7 Å². The average molecular weight is 911 g/mol. The lowest BCUT2D eigenvalue weighted by Crippen LogP contribution is -2.10. The van der Waals surface area contributed by atoms with E-state index in [2.05, 4.69) is 160 Å². The number of aromatic nitrogens is 10. The molecule has 0 saturated heterocycles. The molecule has 2 aliphatic carbocycles. The maximum Gasteiger partial charge on any atom is 0.180 e. The van der Waals surface area contributed by atoms with Crippen molar-refractivity contribution in [2.24, 2.45) is 5.92 Å². The van der Waals surface area contributed by atoms with E-state index in [9.17, 15) is 0 Å². The Bertz CT molecular complexity index is 2630. The van der Waals surface area contributed by atoms with Crippen molar-refractivity contribution < 1.29 is 0 Å². The first kappa shape index (κ1) is 35.1. The molecule has 6 heterocycles. The van der Waals surface area contributed by atoms with E-state index in [4.69, 9.17) is 0 Å². The number of benzene rings is 2. The first-order valence-electron chi connectivity index (χ1n) is 18.1. The lowest BCUT2D eigenvalue weighted by atomic mass is 10.1. The number of rotatable bonds is 9. The van der Waals surface area contributed by atoms with Gasteiger partial charge in [0.05, 0.1) is 47.6 Å². The van der Waals surface area contributed by atoms with Gasteiger partial charge >= 0.3 is 0 Å². The maximum absolute atomic E-state index is 4.65. The number of nitrogens with one attached hydrogen (secondary N) is 3. The molecular formula is C40H36Br3N11. The molecular weight excluding hydrogens is 874 g/mol. The van der Waals surface area contributed by atoms with Gasteiger partial charge in [-0.05, 0) is 91.5 Å². The van der Waals surface area contributed by atoms with Gasteiger partial charge in [0.25, 0.3) is 0 Å². The zero-order valence-corrected chi connectivity index (χ0v) is 34.3. The Morgan fingerprint density at radius 1 is 0.667 bits per heavy atom. The van der Waals surface area contributed by atoms with Gasteiger partial charge in [-0.15, -0.1) is 0 Å². The first-order valence-corrected chi connectivity index (χ1v) is 20.4. The van der Waals surface area contributed by atoms with Gasteiger partial charge in [-0.3, -0.25) is 8.80 Å². The topological polar surface area (TPSA) is 130 Å². The molecule has 2 aromatic carbocycles. The standard InChI is InChI=1S/C22H23BrN6.C18H13Br2N5/c1-13(2)9-24-21-22-26-11-18(29(22)12-19(23)28-21)16-5-3-4-15(8-16)17-10-25-20(27-17)14-6-7-14;19-15-9-25-14(8-22-18(25)16(20)24-15)12-3-1-2-11(6-12)13-7-21-17(23-13)10-4-5-10/h3-5,8,10-14H,6-7,9H2,1-2H3,(H,24,28)(H,25,27);1-3,6-10H,4-5H2,(H,21,23). The summed E-state index contributed by atoms with van der Waals surface area (Å²) >= 11 is 10.5. The van der Waals surface area contributed by atoms with Crippen LogP contribution in [-0.4, -0.2) is 55.2 Å². The second-order valence-electron chi connectivity index (χ2n) is 14.3. The molecule has 14 heteroatoms. The van der Waals surface area contributed by atoms with Crippen LogP contribution in [0.15, 0.2) is 99.5 Å². The summed E-state index contributed by atoms with van der Waals surface area (Å²) in [5.74, 6) is 4.77. The number of halogens is 3. The highest BCUT2D eigenvalue weighted by molar-refractivity contribution is 9.11. The van der Waals surface area contributed by atoms with Gasteiger partial charge < -0.3 is 15.3 Å². The van der Waals surface area contributed by atoms with Crippen molar-refractivity contribution >= 4 is 64.9 Å². The lowest BCUT2D eigenvalue weighted by Gasteiger charge is -2.11. The molecule has 2 saturated carbocycles. The van der Waals surface area contributed by atoms with Crippen molar-refractivity contribution in [3.63, 3.8) is 0 Å². The third-order valence-electron chi connectivity index (χ3n) is 9.62. The summed E-state index contributed by atoms with van der Waals surface area (Å²) in [6.45, 7) is 5.20. The van der Waals surface area contributed by atoms with Crippen molar-refractivity contribution in [3.05, 3.63) is 111 Å². The highest BCUT2D eigenvalue weighted by Gasteiger charge is 2.27. The first-order chi connectivity index (χ1) is 26.3. The van der Waals surface area contributed by atoms with Crippen LogP contribution in [0.3, 0.4) is 0 Å². The Kier molecular flexibility index (Phi) is 9.44. The van der Waals surface area contributed by atoms with Crippen LogP contribution in [-0.2, 0) is 0 Å². The number of hydrogen-bond acceptors (Lipinski definition) is 7. The van der Waals surface area contributed by atoms with Crippen molar-refractivity contribution in [1.82, 2.24) is 48.7 Å². The number of imidazole rings is 4. The molecule has 2 fully saturated rings. The number of H-pyrrole nitrogens is 2. The minimum absolute atomic E-state index is 0.525. The molecule has 0 unspecified atom stereocenters. The van der Waals surface area contributed by atoms with Crippen LogP contribution in [0, 0.1) is 5.92 Å². The van der Waals surface area contributed by atoms with Crippen LogP contribution >= 0.6 is 47.8 Å². The number of hydrogen-bond donors (Lipinski definition) is 3. The second-order valence-corrected chi connectivity index (χ2v) is 16.7. The molecule has 6 aromatic heterocycles. The van der Waals surface area contributed by atoms with Crippen molar-refractivity contribution in [2.45, 2.75) is 51.4 Å². The largest absolute Gasteiger partial charge is 0.367 e. The highest BCUT2D eigenvalue weighted by atomic mass is 79.9. The van der Waals surface area contributed by atoms with Crippen LogP contribution in [0.5, 0.6) is 0 Å². The molecule has 54 heavy (non-hydrogen) atoms. The van der Waals surface area contributed by atoms with E-state index in [0.717, 1.165) is 89.5 Å². The third-order valence-corrected chi connectivity index (χ3v) is 10.9. The fourth-order valence-electron chi connectivity index (χ4n) is 6.52. The molecule has 2 aliphatic rings. The highest BCUT2D eigenvalue weighted by Crippen LogP contribution is 2.40. The minimum atomic E-state index is 0.525. The summed E-state index contributed by atoms with van der Waals surface area (Å²) in [4.78, 5) is 34.1. The molecule has 0 spiro atoms. The number of nitrogens with zero attached hydrogens (tertiary/aromatic N) is 8. The fraction of sp³-hybridized carbons (Fsp3) is 0.250. The number of anilines is 1. The Balaban J connectivity index is 0.000000144. The molecule has 0 aliphatic heterocycles. The molecule has 8 aromatic rings. The Morgan fingerprint density at radius 3 is 1.70 bits per heavy atom. The summed E-state index contributed by atoms with van der Waals surface area (Å²) in [5, 5.41) is 3.41. The summed E-state index contributed by atoms with van der Waals surface area (Å²) in [7, 11) is 0. The minimum Gasteiger partial charge on any atom is -0.367 e. The molecule has 0 bridgehead atoms. The normalized spacial score (nSPS) is 14.2. The van der Waals surface area contributed by atoms with Gasteiger partial charge in [0.2, 0.25) is 0 Å². The van der Waals surface area contributed by atoms with E-state index in [1.54, 1.807) is 0 Å².